The van der Waals surface area contributed by atoms with Gasteiger partial charge in [0.15, 0.2) is 0 Å². The molecule has 0 aliphatic heterocycles. The first-order valence-electron chi connectivity index (χ1n) is 16.1. The molecule has 0 fully saturated rings. The molecule has 0 spiro atoms. The molecule has 0 atom stereocenters. The van der Waals surface area contributed by atoms with Crippen LogP contribution in [-0.4, -0.2) is 23.0 Å². The van der Waals surface area contributed by atoms with E-state index >= 15 is 0 Å². The van der Waals surface area contributed by atoms with E-state index in [0.29, 0.717) is 0 Å². The maximum absolute atomic E-state index is 4.68. The summed E-state index contributed by atoms with van der Waals surface area (Å²) in [6, 6.07) is 48.7. The molecule has 0 amide bonds. The summed E-state index contributed by atoms with van der Waals surface area (Å²) in [6.07, 6.45) is 5.66. The Hall–Kier alpha value is -4.58. The number of pyridine rings is 3. The Morgan fingerprint density at radius 3 is 2.08 bits per heavy atom. The van der Waals surface area contributed by atoms with Crippen molar-refractivity contribution in [3.63, 3.8) is 0 Å². The first kappa shape index (κ1) is 34.3. The minimum atomic E-state index is -1.23. The second-order valence-electron chi connectivity index (χ2n) is 12.9. The van der Waals surface area contributed by atoms with Crippen LogP contribution >= 0.6 is 11.3 Å². The van der Waals surface area contributed by atoms with E-state index < -0.39 is 8.07 Å². The summed E-state index contributed by atoms with van der Waals surface area (Å²) in [6.45, 7) is 9.11. The number of aromatic nitrogens is 3. The fourth-order valence-corrected chi connectivity index (χ4v) is 7.89. The smallest absolute Gasteiger partial charge is 0.0795 e. The molecule has 8 aromatic rings. The van der Waals surface area contributed by atoms with E-state index in [1.165, 1.54) is 37.5 Å². The molecule has 3 nitrogen and oxygen atoms in total. The third-order valence-electron chi connectivity index (χ3n) is 8.42. The summed E-state index contributed by atoms with van der Waals surface area (Å²) >= 11 is 1.76. The van der Waals surface area contributed by atoms with Crippen LogP contribution in [0, 0.1) is 19.1 Å². The first-order valence-corrected chi connectivity index (χ1v) is 20.4. The molecule has 4 aromatic carbocycles. The number of hydrogen-bond acceptors (Lipinski definition) is 4. The third-order valence-corrected chi connectivity index (χ3v) is 11.6. The molecular formula is C43H35IrN3SSi-2. The van der Waals surface area contributed by atoms with Crippen molar-refractivity contribution in [1.29, 1.82) is 0 Å². The number of thiophene rings is 1. The Bertz CT molecular complexity index is 2310. The Kier molecular flexibility index (Phi) is 10.4. The summed E-state index contributed by atoms with van der Waals surface area (Å²) in [4.78, 5) is 13.9. The summed E-state index contributed by atoms with van der Waals surface area (Å²) in [5, 5.41) is 2.57. The average Bonchev–Trinajstić information content (AvgIpc) is 3.51. The van der Waals surface area contributed by atoms with Gasteiger partial charge in [0.2, 0.25) is 0 Å². The molecule has 49 heavy (non-hydrogen) atoms. The van der Waals surface area contributed by atoms with Crippen molar-refractivity contribution in [2.45, 2.75) is 26.6 Å². The van der Waals surface area contributed by atoms with Crippen LogP contribution < -0.4 is 5.19 Å². The van der Waals surface area contributed by atoms with Crippen molar-refractivity contribution < 1.29 is 20.1 Å². The van der Waals surface area contributed by atoms with Gasteiger partial charge in [0.05, 0.1) is 8.07 Å². The zero-order valence-electron chi connectivity index (χ0n) is 27.9. The maximum atomic E-state index is 4.68. The van der Waals surface area contributed by atoms with E-state index in [2.05, 4.69) is 145 Å². The topological polar surface area (TPSA) is 38.7 Å². The molecular weight excluding hydrogens is 811 g/mol. The minimum absolute atomic E-state index is 0. The van der Waals surface area contributed by atoms with Gasteiger partial charge in [0, 0.05) is 48.1 Å². The standard InChI is InChI=1S/C29H19N2S.C14H16NSi.Ir/c1-19-7-9-21(10-8-19)22-11-12-25-27(18-22)32-29-24(14-16-31-28(25)29)26-17-23(13-15-30-26)20-5-3-2-4-6-20;1-16(2,3)13-9-10-14(15-11-13)12-7-5-4-6-8-12;/h2-13,15-18H,1H3;4-7,9-11H,1-3H3;/q2*-1;. The predicted molar refractivity (Wildman–Crippen MR) is 206 cm³/mol. The van der Waals surface area contributed by atoms with Gasteiger partial charge in [0.1, 0.15) is 0 Å². The van der Waals surface area contributed by atoms with Gasteiger partial charge in [-0.3, -0.25) is 4.98 Å². The van der Waals surface area contributed by atoms with E-state index in [-0.39, 0.29) is 20.1 Å². The van der Waals surface area contributed by atoms with Gasteiger partial charge < -0.3 is 9.97 Å². The fourth-order valence-electron chi connectivity index (χ4n) is 5.65. The van der Waals surface area contributed by atoms with Crippen molar-refractivity contribution in [2.24, 2.45) is 0 Å². The molecule has 1 radical (unpaired) electrons. The normalized spacial score (nSPS) is 11.1. The molecule has 0 bridgehead atoms. The Morgan fingerprint density at radius 2 is 1.37 bits per heavy atom. The fraction of sp³-hybridized carbons (Fsp3) is 0.0930. The molecule has 0 saturated carbocycles. The van der Waals surface area contributed by atoms with Gasteiger partial charge in [-0.05, 0) is 68.8 Å². The van der Waals surface area contributed by atoms with Crippen molar-refractivity contribution in [2.75, 3.05) is 0 Å². The van der Waals surface area contributed by atoms with Crippen LogP contribution in [0.5, 0.6) is 0 Å². The monoisotopic (exact) mass is 846 g/mol. The van der Waals surface area contributed by atoms with Gasteiger partial charge in [0.25, 0.3) is 0 Å². The van der Waals surface area contributed by atoms with Crippen LogP contribution in [0.2, 0.25) is 19.6 Å². The second kappa shape index (κ2) is 14.9. The molecule has 0 unspecified atom stereocenters. The molecule has 6 heteroatoms. The third kappa shape index (κ3) is 7.69. The zero-order valence-corrected chi connectivity index (χ0v) is 32.1. The quantitative estimate of drug-likeness (QED) is 0.128. The van der Waals surface area contributed by atoms with Gasteiger partial charge in [-0.1, -0.05) is 110 Å². The summed E-state index contributed by atoms with van der Waals surface area (Å²) in [5.41, 5.74) is 11.1. The molecule has 0 N–H and O–H groups in total. The molecule has 8 rings (SSSR count). The zero-order chi connectivity index (χ0) is 33.1. The number of fused-ring (bicyclic) bond motifs is 3. The Labute approximate surface area is 307 Å². The maximum Gasteiger partial charge on any atom is 0.0795 e. The van der Waals surface area contributed by atoms with Crippen molar-refractivity contribution >= 4 is 44.9 Å². The number of hydrogen-bond donors (Lipinski definition) is 0. The predicted octanol–water partition coefficient (Wildman–Crippen LogP) is 11.0. The summed E-state index contributed by atoms with van der Waals surface area (Å²) in [5.74, 6) is 0. The number of nitrogens with zero attached hydrogens (tertiary/aromatic N) is 3. The van der Waals surface area contributed by atoms with Crippen LogP contribution in [-0.2, 0) is 20.1 Å². The molecule has 0 aliphatic rings. The first-order chi connectivity index (χ1) is 23.3. The average molecular weight is 846 g/mol. The second-order valence-corrected chi connectivity index (χ2v) is 19.0. The summed E-state index contributed by atoms with van der Waals surface area (Å²) < 4.78 is 2.35. The van der Waals surface area contributed by atoms with Gasteiger partial charge in [-0.25, -0.2) is 11.3 Å². The van der Waals surface area contributed by atoms with E-state index in [0.717, 1.165) is 38.3 Å². The van der Waals surface area contributed by atoms with E-state index in [1.54, 1.807) is 17.5 Å². The largest absolute Gasteiger partial charge is 0.321 e. The number of benzene rings is 4. The van der Waals surface area contributed by atoms with Gasteiger partial charge >= 0.3 is 0 Å². The van der Waals surface area contributed by atoms with Crippen molar-refractivity contribution in [3.8, 4) is 44.8 Å². The van der Waals surface area contributed by atoms with Crippen LogP contribution in [0.25, 0.3) is 65.1 Å². The van der Waals surface area contributed by atoms with Crippen LogP contribution in [0.4, 0.5) is 0 Å². The van der Waals surface area contributed by atoms with Crippen molar-refractivity contribution in [3.05, 3.63) is 158 Å². The summed E-state index contributed by atoms with van der Waals surface area (Å²) in [7, 11) is -1.23. The molecule has 243 valence electrons. The SMILES string of the molecule is C[Si](C)(C)c1ccc(-c2[c-]cccc2)nc1.Cc1ccc(-c2ccc3c(c2)sc2c(-c4cc(-c5ccccc5)ccn4)[c-]cnc23)cc1.[Ir]. The number of aryl methyl sites for hydroxylation is 1. The van der Waals surface area contributed by atoms with Crippen LogP contribution in [0.15, 0.2) is 140 Å². The minimum Gasteiger partial charge on any atom is -0.321 e. The Morgan fingerprint density at radius 1 is 0.633 bits per heavy atom. The van der Waals surface area contributed by atoms with Crippen LogP contribution in [0.1, 0.15) is 5.56 Å². The number of rotatable bonds is 5. The van der Waals surface area contributed by atoms with E-state index in [4.69, 9.17) is 0 Å². The van der Waals surface area contributed by atoms with Gasteiger partial charge in [-0.2, -0.15) is 6.07 Å². The molecule has 4 heterocycles. The molecule has 0 aliphatic carbocycles. The molecule has 4 aromatic heterocycles. The van der Waals surface area contributed by atoms with Crippen LogP contribution in [0.3, 0.4) is 0 Å². The van der Waals surface area contributed by atoms with E-state index in [9.17, 15) is 0 Å². The van der Waals surface area contributed by atoms with Crippen molar-refractivity contribution in [1.82, 2.24) is 15.0 Å². The van der Waals surface area contributed by atoms with Gasteiger partial charge in [-0.15, -0.1) is 41.5 Å². The molecule has 0 saturated heterocycles. The Balaban J connectivity index is 0.000000208. The van der Waals surface area contributed by atoms with E-state index in [1.807, 2.05) is 42.7 Å².